The third kappa shape index (κ3) is 3.77. The molecular weight excluding hydrogens is 402 g/mol. The molecule has 6 heteroatoms. The van der Waals surface area contributed by atoms with Crippen molar-refractivity contribution in [3.63, 3.8) is 0 Å². The summed E-state index contributed by atoms with van der Waals surface area (Å²) in [5, 5.41) is 9.11. The molecule has 5 rings (SSSR count). The van der Waals surface area contributed by atoms with E-state index >= 15 is 0 Å². The smallest absolute Gasteiger partial charge is 0.303 e. The van der Waals surface area contributed by atoms with Crippen LogP contribution < -0.4 is 14.5 Å². The van der Waals surface area contributed by atoms with E-state index in [-0.39, 0.29) is 18.0 Å². The van der Waals surface area contributed by atoms with E-state index in [1.54, 1.807) is 0 Å². The Hall–Kier alpha value is -2.86. The molecule has 168 valence electrons. The average Bonchev–Trinajstić information content (AvgIpc) is 3.27. The van der Waals surface area contributed by atoms with Gasteiger partial charge in [0.15, 0.2) is 11.5 Å². The highest BCUT2D eigenvalue weighted by atomic mass is 16.5. The van der Waals surface area contributed by atoms with E-state index in [1.807, 2.05) is 0 Å². The molecule has 4 aliphatic rings. The van der Waals surface area contributed by atoms with Gasteiger partial charge >= 0.3 is 5.97 Å². The van der Waals surface area contributed by atoms with Crippen LogP contribution in [0.3, 0.4) is 0 Å². The SMILES string of the molecule is CC1=CC(C)(C)[NH+](CCCC(=O)O)C2C=C3Oc4cc(N5CCCC5)ccc4N=C3C=C12. The summed E-state index contributed by atoms with van der Waals surface area (Å²) in [6.07, 6.45) is 10.0. The van der Waals surface area contributed by atoms with Gasteiger partial charge in [-0.3, -0.25) is 4.79 Å². The normalized spacial score (nSPS) is 25.4. The number of quaternary nitrogens is 1. The van der Waals surface area contributed by atoms with Crippen LogP contribution in [-0.4, -0.2) is 48.0 Å². The topological polar surface area (TPSA) is 66.6 Å². The van der Waals surface area contributed by atoms with E-state index in [2.05, 4.69) is 62.1 Å². The number of rotatable bonds is 5. The second-order valence-corrected chi connectivity index (χ2v) is 9.88. The predicted octanol–water partition coefficient (Wildman–Crippen LogP) is 3.43. The van der Waals surface area contributed by atoms with Crippen LogP contribution in [0.15, 0.2) is 58.3 Å². The fraction of sp³-hybridized carbons (Fsp3) is 0.462. The molecule has 1 saturated heterocycles. The van der Waals surface area contributed by atoms with Crippen molar-refractivity contribution in [3.8, 4) is 5.75 Å². The van der Waals surface area contributed by atoms with Crippen LogP contribution in [0.4, 0.5) is 11.4 Å². The largest absolute Gasteiger partial charge is 0.481 e. The molecule has 6 nitrogen and oxygen atoms in total. The molecule has 0 spiro atoms. The molecule has 2 atom stereocenters. The van der Waals surface area contributed by atoms with E-state index in [1.165, 1.54) is 34.6 Å². The molecule has 1 aromatic carbocycles. The predicted molar refractivity (Wildman–Crippen MR) is 126 cm³/mol. The van der Waals surface area contributed by atoms with Gasteiger partial charge in [-0.1, -0.05) is 0 Å². The number of benzene rings is 1. The van der Waals surface area contributed by atoms with Gasteiger partial charge in [0.1, 0.15) is 23.0 Å². The van der Waals surface area contributed by atoms with Crippen molar-refractivity contribution >= 4 is 23.1 Å². The van der Waals surface area contributed by atoms with Crippen LogP contribution >= 0.6 is 0 Å². The van der Waals surface area contributed by atoms with E-state index in [4.69, 9.17) is 14.8 Å². The van der Waals surface area contributed by atoms with E-state index in [0.29, 0.717) is 6.42 Å². The highest BCUT2D eigenvalue weighted by Crippen LogP contribution is 2.40. The number of aliphatic carboxylic acids is 1. The molecule has 0 saturated carbocycles. The first-order valence-corrected chi connectivity index (χ1v) is 11.7. The van der Waals surface area contributed by atoms with Crippen molar-refractivity contribution in [2.24, 2.45) is 4.99 Å². The number of carbonyl (C=O) groups is 1. The van der Waals surface area contributed by atoms with Gasteiger partial charge in [-0.05, 0) is 63.5 Å². The second kappa shape index (κ2) is 7.93. The van der Waals surface area contributed by atoms with Gasteiger partial charge in [0.2, 0.25) is 0 Å². The number of hydrogen-bond acceptors (Lipinski definition) is 4. The van der Waals surface area contributed by atoms with Crippen molar-refractivity contribution in [2.75, 3.05) is 24.5 Å². The zero-order chi connectivity index (χ0) is 22.5. The molecule has 2 N–H and O–H groups in total. The Balaban J connectivity index is 1.48. The van der Waals surface area contributed by atoms with Crippen LogP contribution in [0.1, 0.15) is 46.5 Å². The van der Waals surface area contributed by atoms with Gasteiger partial charge in [-0.25, -0.2) is 4.99 Å². The Kier molecular flexibility index (Phi) is 5.20. The summed E-state index contributed by atoms with van der Waals surface area (Å²) in [4.78, 5) is 19.8. The molecule has 3 aliphatic heterocycles. The lowest BCUT2D eigenvalue weighted by molar-refractivity contribution is -0.955. The number of nitrogens with zero attached hydrogens (tertiary/aromatic N) is 2. The quantitative estimate of drug-likeness (QED) is 0.745. The van der Waals surface area contributed by atoms with Crippen molar-refractivity contribution in [1.82, 2.24) is 0 Å². The lowest BCUT2D eigenvalue weighted by Gasteiger charge is -2.44. The molecule has 1 fully saturated rings. The maximum Gasteiger partial charge on any atom is 0.303 e. The summed E-state index contributed by atoms with van der Waals surface area (Å²) in [6, 6.07) is 6.45. The van der Waals surface area contributed by atoms with Crippen LogP contribution in [0.25, 0.3) is 0 Å². The van der Waals surface area contributed by atoms with Gasteiger partial charge in [0.25, 0.3) is 0 Å². The van der Waals surface area contributed by atoms with Crippen LogP contribution in [0.2, 0.25) is 0 Å². The molecule has 1 aliphatic carbocycles. The van der Waals surface area contributed by atoms with E-state index in [9.17, 15) is 4.79 Å². The zero-order valence-electron chi connectivity index (χ0n) is 19.1. The van der Waals surface area contributed by atoms with Gasteiger partial charge in [0, 0.05) is 42.9 Å². The number of aliphatic imine (C=N–C) groups is 1. The number of allylic oxidation sites excluding steroid dienone is 1. The van der Waals surface area contributed by atoms with Crippen LogP contribution in [0.5, 0.6) is 5.75 Å². The van der Waals surface area contributed by atoms with E-state index in [0.717, 1.165) is 42.5 Å². The molecule has 0 radical (unpaired) electrons. The Morgan fingerprint density at radius 3 is 2.84 bits per heavy atom. The third-order valence-corrected chi connectivity index (χ3v) is 7.15. The molecule has 1 aromatic rings. The first-order valence-electron chi connectivity index (χ1n) is 11.7. The molecule has 0 aromatic heterocycles. The molecule has 0 bridgehead atoms. The molecule has 32 heavy (non-hydrogen) atoms. The van der Waals surface area contributed by atoms with Gasteiger partial charge < -0.3 is 19.6 Å². The Morgan fingerprint density at radius 2 is 2.09 bits per heavy atom. The average molecular weight is 435 g/mol. The molecule has 0 amide bonds. The Labute approximate surface area is 189 Å². The first kappa shape index (κ1) is 21.0. The van der Waals surface area contributed by atoms with Gasteiger partial charge in [-0.15, -0.1) is 0 Å². The zero-order valence-corrected chi connectivity index (χ0v) is 19.1. The summed E-state index contributed by atoms with van der Waals surface area (Å²) < 4.78 is 6.41. The lowest BCUT2D eigenvalue weighted by atomic mass is 9.81. The monoisotopic (exact) mass is 434 g/mol. The fourth-order valence-corrected chi connectivity index (χ4v) is 5.58. The second-order valence-electron chi connectivity index (χ2n) is 9.88. The summed E-state index contributed by atoms with van der Waals surface area (Å²) >= 11 is 0. The summed E-state index contributed by atoms with van der Waals surface area (Å²) in [5.74, 6) is 0.890. The molecule has 2 unspecified atom stereocenters. The lowest BCUT2D eigenvalue weighted by Crippen LogP contribution is -3.23. The number of carboxylic acids is 1. The van der Waals surface area contributed by atoms with Crippen molar-refractivity contribution in [1.29, 1.82) is 0 Å². The Morgan fingerprint density at radius 1 is 1.31 bits per heavy atom. The van der Waals surface area contributed by atoms with Crippen molar-refractivity contribution < 1.29 is 19.5 Å². The Bertz CT molecular complexity index is 1070. The van der Waals surface area contributed by atoms with Crippen LogP contribution in [0, 0.1) is 0 Å². The highest BCUT2D eigenvalue weighted by Gasteiger charge is 2.43. The molecule has 3 heterocycles. The fourth-order valence-electron chi connectivity index (χ4n) is 5.58. The molecular formula is C26H32N3O3+. The minimum Gasteiger partial charge on any atom is -0.481 e. The maximum atomic E-state index is 11.1. The maximum absolute atomic E-state index is 11.1. The summed E-state index contributed by atoms with van der Waals surface area (Å²) in [5.41, 5.74) is 5.36. The minimum atomic E-state index is -0.737. The van der Waals surface area contributed by atoms with E-state index < -0.39 is 5.97 Å². The van der Waals surface area contributed by atoms with Crippen molar-refractivity contribution in [2.45, 2.75) is 58.0 Å². The van der Waals surface area contributed by atoms with Crippen molar-refractivity contribution in [3.05, 3.63) is 53.3 Å². The minimum absolute atomic E-state index is 0.0915. The highest BCUT2D eigenvalue weighted by molar-refractivity contribution is 6.11. The van der Waals surface area contributed by atoms with Gasteiger partial charge in [0.05, 0.1) is 13.0 Å². The third-order valence-electron chi connectivity index (χ3n) is 7.15. The number of fused-ring (bicyclic) bond motifs is 3. The number of hydrogen-bond donors (Lipinski definition) is 2. The number of carboxylic acid groups (broad SMARTS) is 1. The summed E-state index contributed by atoms with van der Waals surface area (Å²) in [6.45, 7) is 9.60. The number of ether oxygens (including phenoxy) is 1. The van der Waals surface area contributed by atoms with Gasteiger partial charge in [-0.2, -0.15) is 0 Å². The first-order chi connectivity index (χ1) is 15.3. The number of anilines is 1. The summed E-state index contributed by atoms with van der Waals surface area (Å²) in [7, 11) is 0. The number of nitrogens with one attached hydrogen (secondary N) is 1. The van der Waals surface area contributed by atoms with Crippen LogP contribution in [-0.2, 0) is 4.79 Å². The standard InChI is InChI=1S/C26H31N3O3/c1-17-16-26(2,3)29(12-6-7-25(30)31)22-15-24-21(14-19(17)22)27-20-9-8-18(13-23(20)32-24)28-10-4-5-11-28/h8-9,13-16,22H,4-7,10-12H2,1-3H3,(H,30,31)/p+1.